The van der Waals surface area contributed by atoms with Gasteiger partial charge in [0.05, 0.1) is 21.6 Å². The Balaban J connectivity index is 0.00000290. The van der Waals surface area contributed by atoms with Gasteiger partial charge in [0.15, 0.2) is 16.1 Å². The third kappa shape index (κ3) is 11.2. The van der Waals surface area contributed by atoms with Gasteiger partial charge in [0.1, 0.15) is 26.1 Å². The molecule has 6 rings (SSSR count). The maximum atomic E-state index is 13.4. The van der Waals surface area contributed by atoms with Crippen molar-refractivity contribution in [3.63, 3.8) is 0 Å². The molecule has 0 aliphatic rings. The number of aromatic nitrogens is 2. The summed E-state index contributed by atoms with van der Waals surface area (Å²) in [5.41, 5.74) is -2.27. The van der Waals surface area contributed by atoms with Gasteiger partial charge < -0.3 is 10.4 Å². The van der Waals surface area contributed by atoms with Gasteiger partial charge in [-0.05, 0) is 53.9 Å². The summed E-state index contributed by atoms with van der Waals surface area (Å²) in [5.74, 6) is -2.19. The van der Waals surface area contributed by atoms with E-state index in [-0.39, 0.29) is 151 Å². The number of hydrogen-bond donors (Lipinski definition) is 6. The van der Waals surface area contributed by atoms with E-state index in [1.54, 1.807) is 0 Å². The molecule has 0 atom stereocenters. The zero-order chi connectivity index (χ0) is 39.7. The molecule has 19 nitrogen and oxygen atoms in total. The number of hydrogen-bond acceptors (Lipinski definition) is 14. The Bertz CT molecular complexity index is 3170. The van der Waals surface area contributed by atoms with Gasteiger partial charge in [0, 0.05) is 140 Å². The van der Waals surface area contributed by atoms with Crippen LogP contribution in [0.5, 0.6) is 5.75 Å². The molecule has 0 bridgehead atoms. The molecule has 6 N–H and O–H groups in total. The third-order valence-electron chi connectivity index (χ3n) is 7.54. The number of halogens is 2. The number of rotatable bonds is 8. The first-order valence-corrected chi connectivity index (χ1v) is 20.6. The average molecular weight is 951 g/mol. The van der Waals surface area contributed by atoms with E-state index < -0.39 is 105 Å². The van der Waals surface area contributed by atoms with Gasteiger partial charge in [-0.2, -0.15) is 33.7 Å². The van der Waals surface area contributed by atoms with Crippen molar-refractivity contribution < 1.29 is 61.8 Å². The predicted molar refractivity (Wildman–Crippen MR) is 214 cm³/mol. The Labute approximate surface area is 426 Å². The smallest absolute Gasteiger partial charge is 0.297 e. The van der Waals surface area contributed by atoms with Crippen LogP contribution in [-0.2, 0) is 40.5 Å². The number of phenols is 1. The van der Waals surface area contributed by atoms with Gasteiger partial charge in [-0.25, -0.2) is 9.97 Å². The quantitative estimate of drug-likeness (QED) is 0.0711. The number of benzene rings is 5. The molecular formula is C29H17Cl2N5Na4O14S4. The summed E-state index contributed by atoms with van der Waals surface area (Å²) < 4.78 is 138. The van der Waals surface area contributed by atoms with E-state index in [1.807, 2.05) is 0 Å². The second kappa shape index (κ2) is 19.6. The van der Waals surface area contributed by atoms with Crippen molar-refractivity contribution in [3.8, 4) is 5.75 Å². The van der Waals surface area contributed by atoms with Crippen LogP contribution < -0.4 is 5.32 Å². The number of fused-ring (bicyclic) bond motifs is 3. The number of carbonyl (C=O) groups is 1. The van der Waals surface area contributed by atoms with Crippen LogP contribution in [0.2, 0.25) is 10.3 Å². The first-order valence-electron chi connectivity index (χ1n) is 14.1. The van der Waals surface area contributed by atoms with Gasteiger partial charge in [-0.1, -0.05) is 41.4 Å². The predicted octanol–water partition coefficient (Wildman–Crippen LogP) is 4.08. The topological polar surface area (TPSA) is 317 Å². The van der Waals surface area contributed by atoms with Gasteiger partial charge in [-0.3, -0.25) is 23.0 Å². The van der Waals surface area contributed by atoms with Gasteiger partial charge in [0.25, 0.3) is 46.4 Å². The molecule has 1 aromatic heterocycles. The van der Waals surface area contributed by atoms with E-state index >= 15 is 0 Å². The number of nitrogens with zero attached hydrogens (tertiary/aromatic N) is 4. The van der Waals surface area contributed by atoms with Crippen LogP contribution in [0.1, 0.15) is 10.4 Å². The molecular weight excluding hydrogens is 933 g/mol. The summed E-state index contributed by atoms with van der Waals surface area (Å²) in [4.78, 5) is 17.5. The molecule has 0 spiro atoms. The zero-order valence-corrected chi connectivity index (χ0v) is 42.7. The summed E-state index contributed by atoms with van der Waals surface area (Å²) in [6.07, 6.45) is 0. The van der Waals surface area contributed by atoms with E-state index in [9.17, 15) is 61.8 Å². The van der Waals surface area contributed by atoms with E-state index in [0.29, 0.717) is 18.2 Å². The first kappa shape index (κ1) is 53.2. The van der Waals surface area contributed by atoms with E-state index in [1.165, 1.54) is 18.2 Å². The number of nitrogens with one attached hydrogen (secondary N) is 1. The van der Waals surface area contributed by atoms with Crippen molar-refractivity contribution in [3.05, 3.63) is 82.6 Å². The minimum absolute atomic E-state index is 0. The van der Waals surface area contributed by atoms with E-state index in [0.717, 1.165) is 30.3 Å². The van der Waals surface area contributed by atoms with Crippen LogP contribution in [0.3, 0.4) is 0 Å². The molecule has 1 heterocycles. The molecule has 58 heavy (non-hydrogen) atoms. The molecule has 29 heteroatoms. The minimum Gasteiger partial charge on any atom is -0.505 e. The second-order valence-corrected chi connectivity index (χ2v) is 17.2. The molecule has 4 radical (unpaired) electrons. The molecule has 1 amide bonds. The summed E-state index contributed by atoms with van der Waals surface area (Å²) in [5, 5.41) is 18.8. The summed E-state index contributed by atoms with van der Waals surface area (Å²) in [6, 6.07) is 10.6. The minimum atomic E-state index is -5.41. The third-order valence-corrected chi connectivity index (χ3v) is 11.7. The molecule has 5 aromatic carbocycles. The van der Waals surface area contributed by atoms with Crippen LogP contribution in [0, 0.1) is 0 Å². The summed E-state index contributed by atoms with van der Waals surface area (Å²) in [6.45, 7) is 0. The fourth-order valence-electron chi connectivity index (χ4n) is 5.32. The maximum absolute atomic E-state index is 13.4. The molecule has 0 fully saturated rings. The zero-order valence-electron chi connectivity index (χ0n) is 29.9. The maximum Gasteiger partial charge on any atom is 0.297 e. The number of azo groups is 1. The molecule has 0 saturated carbocycles. The molecule has 284 valence electrons. The Hall–Kier alpha value is -0.950. The number of anilines is 1. The van der Waals surface area contributed by atoms with Gasteiger partial charge in [-0.15, -0.1) is 10.2 Å². The molecule has 0 saturated heterocycles. The Morgan fingerprint density at radius 1 is 0.638 bits per heavy atom. The van der Waals surface area contributed by atoms with Crippen molar-refractivity contribution in [1.29, 1.82) is 0 Å². The number of aromatic hydroxyl groups is 1. The van der Waals surface area contributed by atoms with Gasteiger partial charge >= 0.3 is 0 Å². The first-order chi connectivity index (χ1) is 24.9. The normalized spacial score (nSPS) is 12.0. The number of phenolic OH excluding ortho intramolecular Hbond substituents is 1. The van der Waals surface area contributed by atoms with Crippen molar-refractivity contribution in [1.82, 2.24) is 9.97 Å². The monoisotopic (exact) mass is 949 g/mol. The molecule has 0 unspecified atom stereocenters. The van der Waals surface area contributed by atoms with Crippen molar-refractivity contribution in [2.45, 2.75) is 19.6 Å². The Kier molecular flexibility index (Phi) is 18.0. The molecule has 6 aromatic rings. The van der Waals surface area contributed by atoms with Crippen molar-refractivity contribution >= 4 is 237 Å². The standard InChI is InChI=1S/C29H17Cl2N5O14S4.4Na/c30-27-28(31)33-19-9-12(4-6-17(19)32-27)29(38)34-20-11-14(51(39,40)41)8-13-10-22(53(45,46)47)24(25(37)23(13)20)36-35-18-7-5-15-16(26(18)54(48,49)50)2-1-3-21(15)52(42,43)44;;;;/h1-11,37H,(H,34,38)(H,39,40,41)(H,42,43,44)(H,45,46,47)(H,48,49,50);;;;. The number of carbonyl (C=O) groups excluding carboxylic acids is 1. The van der Waals surface area contributed by atoms with Crippen LogP contribution in [0.15, 0.2) is 96.5 Å². The molecule has 0 aliphatic carbocycles. The summed E-state index contributed by atoms with van der Waals surface area (Å²) >= 11 is 11.8. The van der Waals surface area contributed by atoms with Crippen LogP contribution >= 0.6 is 23.2 Å². The Morgan fingerprint density at radius 3 is 1.81 bits per heavy atom. The van der Waals surface area contributed by atoms with E-state index in [4.69, 9.17) is 23.2 Å². The van der Waals surface area contributed by atoms with Crippen LogP contribution in [0.25, 0.3) is 32.6 Å². The SMILES string of the molecule is O=C(Nc1cc(S(=O)(=O)O)cc2cc(S(=O)(=O)O)c(N=Nc3ccc4c(S(=O)(=O)O)cccc4c3S(=O)(=O)O)c(O)c12)c1ccc2nc(Cl)c(Cl)nc2c1.[Na].[Na].[Na].[Na]. The van der Waals surface area contributed by atoms with Gasteiger partial charge in [0.2, 0.25) is 0 Å². The summed E-state index contributed by atoms with van der Waals surface area (Å²) in [7, 11) is -20.7. The Morgan fingerprint density at radius 2 is 1.24 bits per heavy atom. The number of amides is 1. The average Bonchev–Trinajstić information content (AvgIpc) is 3.05. The van der Waals surface area contributed by atoms with Crippen molar-refractivity contribution in [2.75, 3.05) is 5.32 Å². The largest absolute Gasteiger partial charge is 0.505 e. The molecule has 0 aliphatic heterocycles. The van der Waals surface area contributed by atoms with E-state index in [2.05, 4.69) is 25.5 Å². The fraction of sp³-hybridized carbons (Fsp3) is 0. The fourth-order valence-corrected chi connectivity index (χ4v) is 8.32. The second-order valence-electron chi connectivity index (χ2n) is 11.0. The van der Waals surface area contributed by atoms with Crippen LogP contribution in [0.4, 0.5) is 17.1 Å². The van der Waals surface area contributed by atoms with Crippen LogP contribution in [-0.4, -0.2) is 191 Å². The van der Waals surface area contributed by atoms with Crippen molar-refractivity contribution in [2.24, 2.45) is 10.2 Å².